The van der Waals surface area contributed by atoms with Crippen molar-refractivity contribution in [1.82, 2.24) is 10.0 Å². The molecule has 0 saturated carbocycles. The lowest BCUT2D eigenvalue weighted by Gasteiger charge is -2.30. The Morgan fingerprint density at radius 3 is 2.32 bits per heavy atom. The van der Waals surface area contributed by atoms with E-state index in [0.29, 0.717) is 6.54 Å². The zero-order valence-electron chi connectivity index (χ0n) is 11.9. The van der Waals surface area contributed by atoms with E-state index in [-0.39, 0.29) is 29.3 Å². The number of rotatable bonds is 3. The van der Waals surface area contributed by atoms with E-state index in [1.165, 1.54) is 0 Å². The summed E-state index contributed by atoms with van der Waals surface area (Å²) < 4.78 is 64.3. The lowest BCUT2D eigenvalue weighted by Crippen LogP contribution is -2.50. The van der Waals surface area contributed by atoms with Crippen molar-refractivity contribution < 1.29 is 21.6 Å². The molecule has 2 unspecified atom stereocenters. The van der Waals surface area contributed by atoms with Crippen LogP contribution < -0.4 is 10.0 Å². The summed E-state index contributed by atoms with van der Waals surface area (Å²) in [6.45, 7) is 3.29. The van der Waals surface area contributed by atoms with Gasteiger partial charge in [0.05, 0.1) is 10.5 Å². The Morgan fingerprint density at radius 1 is 1.23 bits per heavy atom. The van der Waals surface area contributed by atoms with Crippen molar-refractivity contribution in [2.75, 3.05) is 13.1 Å². The molecule has 1 fully saturated rings. The van der Waals surface area contributed by atoms with Gasteiger partial charge in [0.2, 0.25) is 10.0 Å². The van der Waals surface area contributed by atoms with Crippen LogP contribution in [0.15, 0.2) is 29.2 Å². The van der Waals surface area contributed by atoms with E-state index in [1.54, 1.807) is 0 Å². The van der Waals surface area contributed by atoms with Crippen LogP contribution in [0.1, 0.15) is 18.9 Å². The third-order valence-corrected chi connectivity index (χ3v) is 5.13. The second kappa shape index (κ2) is 7.16. The molecule has 0 aromatic heterocycles. The summed E-state index contributed by atoms with van der Waals surface area (Å²) in [5, 5.41) is 3.09. The molecule has 0 bridgehead atoms. The molecule has 9 heteroatoms. The predicted molar refractivity (Wildman–Crippen MR) is 79.5 cm³/mol. The normalized spacial score (nSPS) is 22.9. The van der Waals surface area contributed by atoms with E-state index in [0.717, 1.165) is 37.2 Å². The molecule has 1 aromatic carbocycles. The summed E-state index contributed by atoms with van der Waals surface area (Å²) in [5.41, 5.74) is -0.867. The molecule has 0 aliphatic carbocycles. The quantitative estimate of drug-likeness (QED) is 0.872. The summed E-state index contributed by atoms with van der Waals surface area (Å²) in [7, 11) is -3.81. The van der Waals surface area contributed by atoms with Crippen molar-refractivity contribution in [2.45, 2.75) is 30.5 Å². The van der Waals surface area contributed by atoms with Gasteiger partial charge in [-0.05, 0) is 43.1 Å². The molecule has 2 atom stereocenters. The van der Waals surface area contributed by atoms with Crippen molar-refractivity contribution in [3.05, 3.63) is 29.8 Å². The van der Waals surface area contributed by atoms with Crippen molar-refractivity contribution in [1.29, 1.82) is 0 Å². The van der Waals surface area contributed by atoms with Gasteiger partial charge in [0.25, 0.3) is 0 Å². The molecular formula is C13H18ClF3N2O2S. The molecule has 1 aromatic rings. The first kappa shape index (κ1) is 19.2. The van der Waals surface area contributed by atoms with Crippen LogP contribution in [-0.4, -0.2) is 27.5 Å². The number of hydrogen-bond donors (Lipinski definition) is 2. The number of hydrogen-bond acceptors (Lipinski definition) is 3. The molecule has 126 valence electrons. The fraction of sp³-hybridized carbons (Fsp3) is 0.538. The van der Waals surface area contributed by atoms with Gasteiger partial charge in [-0.3, -0.25) is 0 Å². The van der Waals surface area contributed by atoms with Crippen LogP contribution in [0.2, 0.25) is 0 Å². The van der Waals surface area contributed by atoms with Gasteiger partial charge in [-0.15, -0.1) is 12.4 Å². The average molecular weight is 359 g/mol. The highest BCUT2D eigenvalue weighted by molar-refractivity contribution is 7.89. The van der Waals surface area contributed by atoms with Crippen LogP contribution in [0.4, 0.5) is 13.2 Å². The highest BCUT2D eigenvalue weighted by atomic mass is 35.5. The molecule has 1 aliphatic rings. The molecule has 2 N–H and O–H groups in total. The van der Waals surface area contributed by atoms with Crippen LogP contribution in [0.3, 0.4) is 0 Å². The Hall–Kier alpha value is -0.830. The molecule has 22 heavy (non-hydrogen) atoms. The monoisotopic (exact) mass is 358 g/mol. The third-order valence-electron chi connectivity index (χ3n) is 3.63. The zero-order chi connectivity index (χ0) is 15.7. The van der Waals surface area contributed by atoms with E-state index < -0.39 is 21.8 Å². The fourth-order valence-corrected chi connectivity index (χ4v) is 3.58. The van der Waals surface area contributed by atoms with Crippen molar-refractivity contribution >= 4 is 22.4 Å². The molecule has 4 nitrogen and oxygen atoms in total. The summed E-state index contributed by atoms with van der Waals surface area (Å²) in [5.74, 6) is 0.176. The maximum Gasteiger partial charge on any atom is 0.416 e. The van der Waals surface area contributed by atoms with Crippen LogP contribution in [0.5, 0.6) is 0 Å². The Balaban J connectivity index is 0.00000242. The summed E-state index contributed by atoms with van der Waals surface area (Å²) in [6.07, 6.45) is -3.63. The summed E-state index contributed by atoms with van der Waals surface area (Å²) in [6, 6.07) is 3.25. The Bertz CT molecular complexity index is 590. The van der Waals surface area contributed by atoms with Crippen molar-refractivity contribution in [3.63, 3.8) is 0 Å². The average Bonchev–Trinajstić information content (AvgIpc) is 2.40. The van der Waals surface area contributed by atoms with Gasteiger partial charge in [-0.1, -0.05) is 6.92 Å². The van der Waals surface area contributed by atoms with E-state index in [4.69, 9.17) is 0 Å². The Kier molecular flexibility index (Phi) is 6.26. The molecule has 1 saturated heterocycles. The Morgan fingerprint density at radius 2 is 1.82 bits per heavy atom. The Labute approximate surface area is 133 Å². The van der Waals surface area contributed by atoms with Gasteiger partial charge in [-0.2, -0.15) is 13.2 Å². The molecule has 1 heterocycles. The second-order valence-electron chi connectivity index (χ2n) is 5.22. The maximum atomic E-state index is 12.5. The molecular weight excluding hydrogens is 341 g/mol. The van der Waals surface area contributed by atoms with Gasteiger partial charge in [0.1, 0.15) is 0 Å². The molecule has 0 spiro atoms. The van der Waals surface area contributed by atoms with Crippen LogP contribution in [0.25, 0.3) is 0 Å². The van der Waals surface area contributed by atoms with Crippen LogP contribution in [-0.2, 0) is 16.2 Å². The second-order valence-corrected chi connectivity index (χ2v) is 6.93. The first-order valence-corrected chi connectivity index (χ1v) is 8.09. The van der Waals surface area contributed by atoms with E-state index >= 15 is 0 Å². The van der Waals surface area contributed by atoms with Gasteiger partial charge in [0.15, 0.2) is 0 Å². The summed E-state index contributed by atoms with van der Waals surface area (Å²) >= 11 is 0. The molecule has 0 amide bonds. The number of piperidine rings is 1. The highest BCUT2D eigenvalue weighted by Crippen LogP contribution is 2.29. The topological polar surface area (TPSA) is 58.2 Å². The highest BCUT2D eigenvalue weighted by Gasteiger charge is 2.31. The van der Waals surface area contributed by atoms with Gasteiger partial charge >= 0.3 is 6.18 Å². The van der Waals surface area contributed by atoms with Gasteiger partial charge in [-0.25, -0.2) is 13.1 Å². The fourth-order valence-electron chi connectivity index (χ4n) is 2.24. The molecule has 0 radical (unpaired) electrons. The number of halogens is 4. The summed E-state index contributed by atoms with van der Waals surface area (Å²) in [4.78, 5) is -0.159. The van der Waals surface area contributed by atoms with Crippen molar-refractivity contribution in [3.8, 4) is 0 Å². The lowest BCUT2D eigenvalue weighted by molar-refractivity contribution is -0.137. The molecule has 1 aliphatic heterocycles. The number of benzene rings is 1. The van der Waals surface area contributed by atoms with Gasteiger partial charge in [0, 0.05) is 12.6 Å². The lowest BCUT2D eigenvalue weighted by atomic mass is 9.96. The minimum absolute atomic E-state index is 0. The largest absolute Gasteiger partial charge is 0.416 e. The van der Waals surface area contributed by atoms with Crippen molar-refractivity contribution in [2.24, 2.45) is 5.92 Å². The van der Waals surface area contributed by atoms with Gasteiger partial charge < -0.3 is 5.32 Å². The predicted octanol–water partition coefficient (Wildman–Crippen LogP) is 2.40. The minimum Gasteiger partial charge on any atom is -0.315 e. The standard InChI is InChI=1S/C13H17F3N2O2S.ClH/c1-9-6-7-17-8-12(9)18-21(19,20)11-4-2-10(3-5-11)13(14,15)16;/h2-5,9,12,17-18H,6-8H2,1H3;1H. The number of alkyl halides is 3. The minimum atomic E-state index is -4.47. The van der Waals surface area contributed by atoms with E-state index in [2.05, 4.69) is 10.0 Å². The van der Waals surface area contributed by atoms with Crippen LogP contribution >= 0.6 is 12.4 Å². The first-order valence-electron chi connectivity index (χ1n) is 6.60. The number of sulfonamides is 1. The SMILES string of the molecule is CC1CCNCC1NS(=O)(=O)c1ccc(C(F)(F)F)cc1.Cl. The first-order chi connectivity index (χ1) is 9.70. The smallest absolute Gasteiger partial charge is 0.315 e. The van der Waals surface area contributed by atoms with E-state index in [9.17, 15) is 21.6 Å². The van der Waals surface area contributed by atoms with Crippen LogP contribution in [0, 0.1) is 5.92 Å². The maximum absolute atomic E-state index is 12.5. The number of nitrogens with one attached hydrogen (secondary N) is 2. The third kappa shape index (κ3) is 4.58. The molecule has 2 rings (SSSR count). The zero-order valence-corrected chi connectivity index (χ0v) is 13.5. The van der Waals surface area contributed by atoms with E-state index in [1.807, 2.05) is 6.92 Å².